The van der Waals surface area contributed by atoms with Crippen molar-refractivity contribution in [2.45, 2.75) is 65.8 Å². The van der Waals surface area contributed by atoms with Gasteiger partial charge in [-0.25, -0.2) is 0 Å². The fourth-order valence-electron chi connectivity index (χ4n) is 1.73. The molecule has 0 heterocycles. The van der Waals surface area contributed by atoms with Gasteiger partial charge in [0.25, 0.3) is 0 Å². The summed E-state index contributed by atoms with van der Waals surface area (Å²) in [6, 6.07) is 0.318. The molecule has 1 unspecified atom stereocenters. The third-order valence-corrected chi connectivity index (χ3v) is 3.01. The van der Waals surface area contributed by atoms with Gasteiger partial charge >= 0.3 is 0 Å². The summed E-state index contributed by atoms with van der Waals surface area (Å²) in [4.78, 5) is 14.0. The highest BCUT2D eigenvalue weighted by molar-refractivity contribution is 5.78. The van der Waals surface area contributed by atoms with Crippen LogP contribution in [0.1, 0.15) is 59.8 Å². The summed E-state index contributed by atoms with van der Waals surface area (Å²) < 4.78 is 0. The molecule has 0 aliphatic heterocycles. The summed E-state index contributed by atoms with van der Waals surface area (Å²) in [7, 11) is 1.92. The zero-order valence-corrected chi connectivity index (χ0v) is 11.0. The van der Waals surface area contributed by atoms with Gasteiger partial charge in [0, 0.05) is 19.0 Å². The van der Waals surface area contributed by atoms with Gasteiger partial charge in [0.15, 0.2) is 0 Å². The fourth-order valence-corrected chi connectivity index (χ4v) is 1.73. The molecule has 0 aliphatic rings. The Kier molecular flexibility index (Phi) is 7.45. The van der Waals surface area contributed by atoms with Crippen molar-refractivity contribution in [1.82, 2.24) is 4.90 Å². The van der Waals surface area contributed by atoms with Crippen molar-refractivity contribution in [2.24, 2.45) is 5.92 Å². The van der Waals surface area contributed by atoms with Crippen LogP contribution in [0.4, 0.5) is 0 Å². The first-order chi connectivity index (χ1) is 7.04. The molecular formula is C13H27NO. The highest BCUT2D eigenvalue weighted by Crippen LogP contribution is 2.18. The van der Waals surface area contributed by atoms with Gasteiger partial charge in [0.2, 0.25) is 5.91 Å². The quantitative estimate of drug-likeness (QED) is 0.634. The molecule has 2 nitrogen and oxygen atoms in total. The molecule has 90 valence electrons. The number of carbonyl (C=O) groups is 1. The molecule has 0 saturated carbocycles. The Hall–Kier alpha value is -0.530. The lowest BCUT2D eigenvalue weighted by Crippen LogP contribution is -2.37. The van der Waals surface area contributed by atoms with E-state index in [0.717, 1.165) is 19.3 Å². The lowest BCUT2D eigenvalue weighted by Gasteiger charge is -2.26. The summed E-state index contributed by atoms with van der Waals surface area (Å²) in [5, 5.41) is 0. The zero-order chi connectivity index (χ0) is 11.8. The summed E-state index contributed by atoms with van der Waals surface area (Å²) in [5.74, 6) is 0.586. The third-order valence-electron chi connectivity index (χ3n) is 3.01. The van der Waals surface area contributed by atoms with Crippen LogP contribution in [0.15, 0.2) is 0 Å². The number of hydrogen-bond donors (Lipinski definition) is 0. The van der Waals surface area contributed by atoms with E-state index >= 15 is 0 Å². The average molecular weight is 213 g/mol. The minimum atomic E-state index is 0.252. The Morgan fingerprint density at radius 3 is 2.13 bits per heavy atom. The molecule has 0 aliphatic carbocycles. The predicted octanol–water partition coefficient (Wildman–Crippen LogP) is 3.46. The Morgan fingerprint density at radius 1 is 1.13 bits per heavy atom. The molecule has 0 bridgehead atoms. The summed E-state index contributed by atoms with van der Waals surface area (Å²) >= 11 is 0. The molecule has 2 heteroatoms. The zero-order valence-electron chi connectivity index (χ0n) is 11.0. The topological polar surface area (TPSA) is 20.3 Å². The van der Waals surface area contributed by atoms with Gasteiger partial charge < -0.3 is 4.90 Å². The maximum atomic E-state index is 12.1. The van der Waals surface area contributed by atoms with E-state index in [1.807, 2.05) is 11.9 Å². The van der Waals surface area contributed by atoms with Gasteiger partial charge in [-0.15, -0.1) is 0 Å². The molecule has 0 saturated heterocycles. The van der Waals surface area contributed by atoms with E-state index in [-0.39, 0.29) is 5.92 Å². The van der Waals surface area contributed by atoms with Gasteiger partial charge in [-0.3, -0.25) is 4.79 Å². The number of nitrogens with zero attached hydrogens (tertiary/aromatic N) is 1. The smallest absolute Gasteiger partial charge is 0.225 e. The van der Waals surface area contributed by atoms with E-state index in [2.05, 4.69) is 27.7 Å². The van der Waals surface area contributed by atoms with Crippen LogP contribution in [0, 0.1) is 5.92 Å². The first-order valence-corrected chi connectivity index (χ1v) is 6.31. The molecule has 0 rings (SSSR count). The van der Waals surface area contributed by atoms with E-state index in [9.17, 15) is 4.79 Å². The second-order valence-electron chi connectivity index (χ2n) is 4.67. The molecule has 0 aromatic carbocycles. The SMILES string of the molecule is CCCCC(CCC)C(=O)N(C)C(C)C. The number of carbonyl (C=O) groups excluding carboxylic acids is 1. The second kappa shape index (κ2) is 7.72. The summed E-state index contributed by atoms with van der Waals surface area (Å²) in [5.41, 5.74) is 0. The molecule has 0 aromatic rings. The Bertz CT molecular complexity index is 177. The molecule has 15 heavy (non-hydrogen) atoms. The van der Waals surface area contributed by atoms with Gasteiger partial charge in [0.05, 0.1) is 0 Å². The van der Waals surface area contributed by atoms with Crippen molar-refractivity contribution in [3.63, 3.8) is 0 Å². The van der Waals surface area contributed by atoms with Crippen molar-refractivity contribution >= 4 is 5.91 Å². The van der Waals surface area contributed by atoms with Crippen LogP contribution in [0.5, 0.6) is 0 Å². The lowest BCUT2D eigenvalue weighted by molar-refractivity contribution is -0.136. The van der Waals surface area contributed by atoms with E-state index < -0.39 is 0 Å². The van der Waals surface area contributed by atoms with Crippen molar-refractivity contribution in [3.8, 4) is 0 Å². The van der Waals surface area contributed by atoms with E-state index in [1.54, 1.807) is 0 Å². The average Bonchev–Trinajstić information content (AvgIpc) is 2.22. The van der Waals surface area contributed by atoms with Gasteiger partial charge in [0.1, 0.15) is 0 Å². The molecular weight excluding hydrogens is 186 g/mol. The van der Waals surface area contributed by atoms with Crippen molar-refractivity contribution in [1.29, 1.82) is 0 Å². The maximum Gasteiger partial charge on any atom is 0.225 e. The number of amides is 1. The number of hydrogen-bond acceptors (Lipinski definition) is 1. The Labute approximate surface area is 95.0 Å². The molecule has 0 N–H and O–H groups in total. The maximum absolute atomic E-state index is 12.1. The standard InChI is InChI=1S/C13H27NO/c1-6-8-10-12(9-7-2)13(15)14(5)11(3)4/h11-12H,6-10H2,1-5H3. The summed E-state index contributed by atoms with van der Waals surface area (Å²) in [6.07, 6.45) is 5.55. The normalized spacial score (nSPS) is 12.9. The van der Waals surface area contributed by atoms with Gasteiger partial charge in [-0.1, -0.05) is 33.1 Å². The van der Waals surface area contributed by atoms with Crippen LogP contribution in [-0.2, 0) is 4.79 Å². The minimum Gasteiger partial charge on any atom is -0.343 e. The molecule has 1 atom stereocenters. The third kappa shape index (κ3) is 5.19. The van der Waals surface area contributed by atoms with Gasteiger partial charge in [-0.2, -0.15) is 0 Å². The van der Waals surface area contributed by atoms with E-state index in [0.29, 0.717) is 11.9 Å². The largest absolute Gasteiger partial charge is 0.343 e. The molecule has 0 aromatic heterocycles. The lowest BCUT2D eigenvalue weighted by atomic mass is 9.95. The first-order valence-electron chi connectivity index (χ1n) is 6.31. The van der Waals surface area contributed by atoms with Crippen molar-refractivity contribution < 1.29 is 4.79 Å². The highest BCUT2D eigenvalue weighted by Gasteiger charge is 2.21. The molecule has 1 amide bonds. The van der Waals surface area contributed by atoms with Crippen LogP contribution >= 0.6 is 0 Å². The van der Waals surface area contributed by atoms with Crippen molar-refractivity contribution in [3.05, 3.63) is 0 Å². The Morgan fingerprint density at radius 2 is 1.73 bits per heavy atom. The molecule has 0 radical (unpaired) electrons. The number of unbranched alkanes of at least 4 members (excludes halogenated alkanes) is 1. The number of rotatable bonds is 7. The van der Waals surface area contributed by atoms with Crippen LogP contribution < -0.4 is 0 Å². The van der Waals surface area contributed by atoms with Crippen LogP contribution in [0.25, 0.3) is 0 Å². The van der Waals surface area contributed by atoms with E-state index in [1.165, 1.54) is 12.8 Å². The van der Waals surface area contributed by atoms with Crippen molar-refractivity contribution in [2.75, 3.05) is 7.05 Å². The monoisotopic (exact) mass is 213 g/mol. The van der Waals surface area contributed by atoms with Crippen LogP contribution in [0.3, 0.4) is 0 Å². The molecule has 0 spiro atoms. The highest BCUT2D eigenvalue weighted by atomic mass is 16.2. The first kappa shape index (κ1) is 14.5. The van der Waals surface area contributed by atoms with Crippen LogP contribution in [0.2, 0.25) is 0 Å². The fraction of sp³-hybridized carbons (Fsp3) is 0.923. The Balaban J connectivity index is 4.26. The molecule has 0 fully saturated rings. The predicted molar refractivity (Wildman–Crippen MR) is 65.8 cm³/mol. The van der Waals surface area contributed by atoms with Crippen LogP contribution in [-0.4, -0.2) is 23.9 Å². The minimum absolute atomic E-state index is 0.252. The second-order valence-corrected chi connectivity index (χ2v) is 4.67. The van der Waals surface area contributed by atoms with Gasteiger partial charge in [-0.05, 0) is 26.7 Å². The summed E-state index contributed by atoms with van der Waals surface area (Å²) in [6.45, 7) is 8.47. The van der Waals surface area contributed by atoms with E-state index in [4.69, 9.17) is 0 Å².